The highest BCUT2D eigenvalue weighted by Crippen LogP contribution is 2.18. The number of nitrogens with two attached hydrogens (primary N) is 1. The summed E-state index contributed by atoms with van der Waals surface area (Å²) in [4.78, 5) is 5.25. The Hall–Kier alpha value is -0.350. The maximum Gasteiger partial charge on any atom is 0.123 e. The molecule has 78 valence electrons. The molecule has 2 N–H and O–H groups in total. The van der Waals surface area contributed by atoms with Crippen molar-refractivity contribution in [3.63, 3.8) is 0 Å². The van der Waals surface area contributed by atoms with Crippen LogP contribution in [0.4, 0.5) is 5.82 Å². The SMILES string of the molecule is CCSCCCSc1ccc(N)nc1. The molecule has 0 spiro atoms. The lowest BCUT2D eigenvalue weighted by atomic mass is 10.5. The van der Waals surface area contributed by atoms with Gasteiger partial charge < -0.3 is 5.73 Å². The average molecular weight is 228 g/mol. The van der Waals surface area contributed by atoms with E-state index < -0.39 is 0 Å². The Morgan fingerprint density at radius 2 is 2.21 bits per heavy atom. The minimum absolute atomic E-state index is 0.593. The van der Waals surface area contributed by atoms with E-state index in [0.717, 1.165) is 0 Å². The van der Waals surface area contributed by atoms with Gasteiger partial charge in [0.2, 0.25) is 0 Å². The number of nitrogens with zero attached hydrogens (tertiary/aromatic N) is 1. The maximum absolute atomic E-state index is 5.50. The Balaban J connectivity index is 2.15. The fourth-order valence-corrected chi connectivity index (χ4v) is 2.61. The lowest BCUT2D eigenvalue weighted by Gasteiger charge is -2.01. The first-order chi connectivity index (χ1) is 6.83. The van der Waals surface area contributed by atoms with Crippen LogP contribution in [-0.4, -0.2) is 22.2 Å². The number of aromatic nitrogens is 1. The quantitative estimate of drug-likeness (QED) is 0.600. The minimum atomic E-state index is 0.593. The summed E-state index contributed by atoms with van der Waals surface area (Å²) in [5.74, 6) is 4.23. The van der Waals surface area contributed by atoms with Gasteiger partial charge in [0.1, 0.15) is 5.82 Å². The first kappa shape index (κ1) is 11.7. The third kappa shape index (κ3) is 4.77. The zero-order valence-corrected chi connectivity index (χ0v) is 10.0. The summed E-state index contributed by atoms with van der Waals surface area (Å²) < 4.78 is 0. The Bertz CT molecular complexity index is 249. The molecule has 0 radical (unpaired) electrons. The van der Waals surface area contributed by atoms with Gasteiger partial charge in [-0.1, -0.05) is 6.92 Å². The standard InChI is InChI=1S/C10H16N2S2/c1-2-13-6-3-7-14-9-4-5-10(11)12-8-9/h4-5,8H,2-3,6-7H2,1H3,(H2,11,12). The van der Waals surface area contributed by atoms with Crippen molar-refractivity contribution in [1.29, 1.82) is 0 Å². The number of thioether (sulfide) groups is 2. The molecule has 0 saturated heterocycles. The third-order valence-corrected chi connectivity index (χ3v) is 3.72. The topological polar surface area (TPSA) is 38.9 Å². The molecule has 4 heteroatoms. The molecule has 0 atom stereocenters. The van der Waals surface area contributed by atoms with Crippen molar-refractivity contribution in [2.24, 2.45) is 0 Å². The van der Waals surface area contributed by atoms with Crippen molar-refractivity contribution >= 4 is 29.3 Å². The van der Waals surface area contributed by atoms with Crippen LogP contribution >= 0.6 is 23.5 Å². The predicted octanol–water partition coefficient (Wildman–Crippen LogP) is 2.90. The van der Waals surface area contributed by atoms with Gasteiger partial charge in [0.25, 0.3) is 0 Å². The summed E-state index contributed by atoms with van der Waals surface area (Å²) in [6.07, 6.45) is 3.10. The van der Waals surface area contributed by atoms with E-state index in [2.05, 4.69) is 11.9 Å². The largest absolute Gasteiger partial charge is 0.384 e. The highest BCUT2D eigenvalue weighted by Gasteiger charge is 1.94. The summed E-state index contributed by atoms with van der Waals surface area (Å²) in [6.45, 7) is 2.20. The van der Waals surface area contributed by atoms with E-state index in [0.29, 0.717) is 5.82 Å². The van der Waals surface area contributed by atoms with Crippen LogP contribution in [0.5, 0.6) is 0 Å². The van der Waals surface area contributed by atoms with E-state index in [9.17, 15) is 0 Å². The molecule has 0 bridgehead atoms. The molecule has 0 aromatic carbocycles. The molecule has 0 fully saturated rings. The van der Waals surface area contributed by atoms with Gasteiger partial charge in [-0.15, -0.1) is 11.8 Å². The second-order valence-electron chi connectivity index (χ2n) is 2.82. The first-order valence-corrected chi connectivity index (χ1v) is 6.89. The van der Waals surface area contributed by atoms with E-state index in [1.54, 1.807) is 0 Å². The van der Waals surface area contributed by atoms with Crippen molar-refractivity contribution in [1.82, 2.24) is 4.98 Å². The number of anilines is 1. The van der Waals surface area contributed by atoms with Gasteiger partial charge in [0.15, 0.2) is 0 Å². The number of nitrogen functional groups attached to an aromatic ring is 1. The molecule has 0 aliphatic rings. The van der Waals surface area contributed by atoms with Crippen LogP contribution in [0, 0.1) is 0 Å². The molecule has 1 aromatic heterocycles. The van der Waals surface area contributed by atoms with Crippen LogP contribution in [0.1, 0.15) is 13.3 Å². The molecule has 0 aliphatic heterocycles. The minimum Gasteiger partial charge on any atom is -0.384 e. The van der Waals surface area contributed by atoms with Gasteiger partial charge in [-0.3, -0.25) is 0 Å². The third-order valence-electron chi connectivity index (χ3n) is 1.67. The molecule has 14 heavy (non-hydrogen) atoms. The molecule has 0 amide bonds. The van der Waals surface area contributed by atoms with Crippen LogP contribution in [0.15, 0.2) is 23.2 Å². The molecular weight excluding hydrogens is 212 g/mol. The lowest BCUT2D eigenvalue weighted by Crippen LogP contribution is -1.89. The van der Waals surface area contributed by atoms with Gasteiger partial charge in [-0.25, -0.2) is 4.98 Å². The summed E-state index contributed by atoms with van der Waals surface area (Å²) in [6, 6.07) is 3.88. The van der Waals surface area contributed by atoms with Gasteiger partial charge >= 0.3 is 0 Å². The van der Waals surface area contributed by atoms with Crippen LogP contribution in [0.3, 0.4) is 0 Å². The molecule has 2 nitrogen and oxygen atoms in total. The number of pyridine rings is 1. The molecule has 0 aliphatic carbocycles. The van der Waals surface area contributed by atoms with Crippen molar-refractivity contribution in [2.45, 2.75) is 18.2 Å². The molecular formula is C10H16N2S2. The van der Waals surface area contributed by atoms with E-state index >= 15 is 0 Å². The Labute approximate surface area is 94.1 Å². The smallest absolute Gasteiger partial charge is 0.123 e. The molecule has 1 rings (SSSR count). The van der Waals surface area contributed by atoms with Crippen molar-refractivity contribution in [2.75, 3.05) is 23.0 Å². The maximum atomic E-state index is 5.50. The highest BCUT2D eigenvalue weighted by atomic mass is 32.2. The summed E-state index contributed by atoms with van der Waals surface area (Å²) >= 11 is 3.84. The fraction of sp³-hybridized carbons (Fsp3) is 0.500. The van der Waals surface area contributed by atoms with Crippen LogP contribution in [0.2, 0.25) is 0 Å². The van der Waals surface area contributed by atoms with E-state index in [1.165, 1.54) is 28.6 Å². The fourth-order valence-electron chi connectivity index (χ4n) is 0.972. The van der Waals surface area contributed by atoms with Gasteiger partial charge in [-0.2, -0.15) is 11.8 Å². The van der Waals surface area contributed by atoms with E-state index in [1.807, 2.05) is 41.9 Å². The highest BCUT2D eigenvalue weighted by molar-refractivity contribution is 8.00. The molecule has 0 unspecified atom stereocenters. The van der Waals surface area contributed by atoms with Crippen molar-refractivity contribution < 1.29 is 0 Å². The molecule has 1 heterocycles. The van der Waals surface area contributed by atoms with Crippen LogP contribution in [0.25, 0.3) is 0 Å². The average Bonchev–Trinajstić information content (AvgIpc) is 2.21. The Morgan fingerprint density at radius 3 is 2.86 bits per heavy atom. The number of hydrogen-bond acceptors (Lipinski definition) is 4. The second kappa shape index (κ2) is 7.01. The van der Waals surface area contributed by atoms with Crippen molar-refractivity contribution in [3.8, 4) is 0 Å². The summed E-state index contributed by atoms with van der Waals surface area (Å²) in [5, 5.41) is 0. The van der Waals surface area contributed by atoms with Crippen molar-refractivity contribution in [3.05, 3.63) is 18.3 Å². The Morgan fingerprint density at radius 1 is 1.36 bits per heavy atom. The monoisotopic (exact) mass is 228 g/mol. The predicted molar refractivity (Wildman–Crippen MR) is 67.0 cm³/mol. The first-order valence-electron chi connectivity index (χ1n) is 4.75. The summed E-state index contributed by atoms with van der Waals surface area (Å²) in [5.41, 5.74) is 5.50. The summed E-state index contributed by atoms with van der Waals surface area (Å²) in [7, 11) is 0. The lowest BCUT2D eigenvalue weighted by molar-refractivity contribution is 1.12. The van der Waals surface area contributed by atoms with Crippen LogP contribution in [-0.2, 0) is 0 Å². The number of hydrogen-bond donors (Lipinski definition) is 1. The molecule has 0 saturated carbocycles. The Kier molecular flexibility index (Phi) is 5.87. The van der Waals surface area contributed by atoms with Crippen LogP contribution < -0.4 is 5.73 Å². The van der Waals surface area contributed by atoms with Gasteiger partial charge in [-0.05, 0) is 35.8 Å². The van der Waals surface area contributed by atoms with Gasteiger partial charge in [0.05, 0.1) is 0 Å². The number of rotatable bonds is 6. The zero-order chi connectivity index (χ0) is 10.2. The molecule has 1 aromatic rings. The normalized spacial score (nSPS) is 10.4. The second-order valence-corrected chi connectivity index (χ2v) is 5.38. The van der Waals surface area contributed by atoms with E-state index in [4.69, 9.17) is 5.73 Å². The van der Waals surface area contributed by atoms with Gasteiger partial charge in [0, 0.05) is 11.1 Å². The van der Waals surface area contributed by atoms with E-state index in [-0.39, 0.29) is 0 Å². The zero-order valence-electron chi connectivity index (χ0n) is 8.40.